The molecular formula is C31H38FN3O7S. The number of hydrogen-bond donors (Lipinski definition) is 1. The Labute approximate surface area is 252 Å². The average molecular weight is 616 g/mol. The zero-order valence-corrected chi connectivity index (χ0v) is 26.0. The molecule has 1 N–H and O–H groups in total. The van der Waals surface area contributed by atoms with Crippen molar-refractivity contribution in [2.45, 2.75) is 51.2 Å². The molecule has 232 valence electrons. The summed E-state index contributed by atoms with van der Waals surface area (Å²) in [7, 11) is -1.57. The van der Waals surface area contributed by atoms with Gasteiger partial charge in [-0.3, -0.25) is 13.9 Å². The second-order valence-corrected chi connectivity index (χ2v) is 11.8. The molecule has 0 saturated heterocycles. The van der Waals surface area contributed by atoms with Gasteiger partial charge in [0, 0.05) is 24.2 Å². The Morgan fingerprint density at radius 2 is 1.58 bits per heavy atom. The van der Waals surface area contributed by atoms with Gasteiger partial charge in [-0.05, 0) is 70.2 Å². The molecule has 0 radical (unpaired) electrons. The van der Waals surface area contributed by atoms with Crippen LogP contribution in [0.5, 0.6) is 17.2 Å². The van der Waals surface area contributed by atoms with E-state index in [9.17, 15) is 22.4 Å². The summed E-state index contributed by atoms with van der Waals surface area (Å²) >= 11 is 0. The van der Waals surface area contributed by atoms with Crippen LogP contribution in [0.1, 0.15) is 33.3 Å². The zero-order valence-electron chi connectivity index (χ0n) is 25.2. The largest absolute Gasteiger partial charge is 0.494 e. The van der Waals surface area contributed by atoms with Crippen LogP contribution in [0.25, 0.3) is 0 Å². The summed E-state index contributed by atoms with van der Waals surface area (Å²) in [5.41, 5.74) is 0.354. The van der Waals surface area contributed by atoms with Crippen LogP contribution in [0, 0.1) is 5.82 Å². The first kappa shape index (κ1) is 33.2. The second-order valence-electron chi connectivity index (χ2n) is 9.91. The number of halogens is 1. The number of nitrogens with one attached hydrogen (secondary N) is 1. The van der Waals surface area contributed by atoms with E-state index >= 15 is 0 Å². The highest BCUT2D eigenvalue weighted by Crippen LogP contribution is 2.33. The second kappa shape index (κ2) is 14.7. The van der Waals surface area contributed by atoms with Crippen LogP contribution < -0.4 is 23.8 Å². The van der Waals surface area contributed by atoms with E-state index in [4.69, 9.17) is 14.2 Å². The van der Waals surface area contributed by atoms with Gasteiger partial charge in [0.1, 0.15) is 24.2 Å². The molecule has 2 amide bonds. The van der Waals surface area contributed by atoms with Gasteiger partial charge in [-0.15, -0.1) is 0 Å². The Morgan fingerprint density at radius 3 is 2.16 bits per heavy atom. The summed E-state index contributed by atoms with van der Waals surface area (Å²) in [6.45, 7) is 6.35. The maximum atomic E-state index is 14.7. The fraction of sp³-hybridized carbons (Fsp3) is 0.355. The number of methoxy groups -OCH3 is 2. The molecule has 0 aliphatic heterocycles. The number of hydrogen-bond acceptors (Lipinski definition) is 7. The summed E-state index contributed by atoms with van der Waals surface area (Å²) in [5, 5.41) is 2.76. The van der Waals surface area contributed by atoms with Gasteiger partial charge in [-0.25, -0.2) is 12.8 Å². The Morgan fingerprint density at radius 1 is 0.930 bits per heavy atom. The monoisotopic (exact) mass is 615 g/mol. The first-order chi connectivity index (χ1) is 20.4. The van der Waals surface area contributed by atoms with Crippen molar-refractivity contribution < 1.29 is 36.6 Å². The number of benzene rings is 3. The zero-order chi connectivity index (χ0) is 31.7. The Hall–Kier alpha value is -4.32. The molecule has 0 bridgehead atoms. The van der Waals surface area contributed by atoms with E-state index in [1.165, 1.54) is 74.6 Å². The van der Waals surface area contributed by atoms with Gasteiger partial charge in [0.25, 0.3) is 10.0 Å². The minimum atomic E-state index is -4.38. The third kappa shape index (κ3) is 8.16. The van der Waals surface area contributed by atoms with Crippen molar-refractivity contribution in [3.8, 4) is 17.2 Å². The number of carbonyl (C=O) groups excluding carboxylic acids is 2. The lowest BCUT2D eigenvalue weighted by atomic mass is 10.1. The number of amides is 2. The van der Waals surface area contributed by atoms with E-state index in [2.05, 4.69) is 5.32 Å². The molecule has 0 unspecified atom stereocenters. The third-order valence-electron chi connectivity index (χ3n) is 6.55. The highest BCUT2D eigenvalue weighted by Gasteiger charge is 2.33. The SMILES string of the molecule is CCOc1ccc(N(CC(=O)N(Cc2ccccc2F)[C@H](C)C(=O)NC(C)C)S(=O)(=O)c2ccc(OC)c(OC)c2)cc1. The van der Waals surface area contributed by atoms with E-state index < -0.39 is 40.2 Å². The van der Waals surface area contributed by atoms with Crippen LogP contribution in [-0.4, -0.2) is 64.6 Å². The van der Waals surface area contributed by atoms with Crippen molar-refractivity contribution >= 4 is 27.5 Å². The molecule has 10 nitrogen and oxygen atoms in total. The van der Waals surface area contributed by atoms with Gasteiger partial charge < -0.3 is 24.4 Å². The van der Waals surface area contributed by atoms with Gasteiger partial charge in [-0.2, -0.15) is 0 Å². The minimum Gasteiger partial charge on any atom is -0.494 e. The predicted octanol–water partition coefficient (Wildman–Crippen LogP) is 4.38. The summed E-state index contributed by atoms with van der Waals surface area (Å²) in [4.78, 5) is 28.0. The van der Waals surface area contributed by atoms with Crippen molar-refractivity contribution in [1.82, 2.24) is 10.2 Å². The average Bonchev–Trinajstić information content (AvgIpc) is 2.98. The van der Waals surface area contributed by atoms with Gasteiger partial charge in [-0.1, -0.05) is 18.2 Å². The molecule has 12 heteroatoms. The third-order valence-corrected chi connectivity index (χ3v) is 8.32. The molecule has 0 aliphatic carbocycles. The predicted molar refractivity (Wildman–Crippen MR) is 161 cm³/mol. The molecule has 43 heavy (non-hydrogen) atoms. The fourth-order valence-electron chi connectivity index (χ4n) is 4.31. The molecule has 3 rings (SSSR count). The van der Waals surface area contributed by atoms with Gasteiger partial charge in [0.05, 0.1) is 31.4 Å². The summed E-state index contributed by atoms with van der Waals surface area (Å²) in [5.74, 6) is -0.713. The van der Waals surface area contributed by atoms with Crippen LogP contribution in [0.15, 0.2) is 71.6 Å². The van der Waals surface area contributed by atoms with Crippen LogP contribution in [-0.2, 0) is 26.2 Å². The van der Waals surface area contributed by atoms with E-state index in [0.717, 1.165) is 4.31 Å². The Kier molecular flexibility index (Phi) is 11.4. The lowest BCUT2D eigenvalue weighted by Gasteiger charge is -2.32. The summed E-state index contributed by atoms with van der Waals surface area (Å²) < 4.78 is 59.9. The molecular weight excluding hydrogens is 577 g/mol. The number of anilines is 1. The maximum absolute atomic E-state index is 14.7. The number of ether oxygens (including phenoxy) is 3. The topological polar surface area (TPSA) is 114 Å². The smallest absolute Gasteiger partial charge is 0.264 e. The molecule has 3 aromatic rings. The molecule has 3 aromatic carbocycles. The van der Waals surface area contributed by atoms with Crippen molar-refractivity contribution in [3.63, 3.8) is 0 Å². The number of sulfonamides is 1. The Bertz CT molecular complexity index is 1510. The molecule has 0 saturated carbocycles. The molecule has 0 aliphatic rings. The Balaban J connectivity index is 2.09. The quantitative estimate of drug-likeness (QED) is 0.286. The number of rotatable bonds is 14. The lowest BCUT2D eigenvalue weighted by Crippen LogP contribution is -2.52. The molecule has 0 heterocycles. The van der Waals surface area contributed by atoms with Crippen molar-refractivity contribution in [1.29, 1.82) is 0 Å². The first-order valence-corrected chi connectivity index (χ1v) is 15.2. The first-order valence-electron chi connectivity index (χ1n) is 13.7. The highest BCUT2D eigenvalue weighted by molar-refractivity contribution is 7.92. The van der Waals surface area contributed by atoms with Crippen molar-refractivity contribution in [3.05, 3.63) is 78.1 Å². The van der Waals surface area contributed by atoms with Crippen LogP contribution >= 0.6 is 0 Å². The molecule has 0 fully saturated rings. The van der Waals surface area contributed by atoms with Crippen LogP contribution in [0.3, 0.4) is 0 Å². The van der Waals surface area contributed by atoms with Crippen LogP contribution in [0.2, 0.25) is 0 Å². The van der Waals surface area contributed by atoms with Crippen LogP contribution in [0.4, 0.5) is 10.1 Å². The molecule has 0 aromatic heterocycles. The molecule has 1 atom stereocenters. The standard InChI is InChI=1S/C31H38FN3O7S/c1-7-42-25-14-12-24(13-15-25)35(43(38,39)26-16-17-28(40-5)29(18-26)41-6)20-30(36)34(22(4)31(37)33-21(2)3)19-23-10-8-9-11-27(23)32/h8-18,21-22H,7,19-20H2,1-6H3,(H,33,37)/t22-/m1/s1. The van der Waals surface area contributed by atoms with E-state index in [1.54, 1.807) is 32.0 Å². The fourth-order valence-corrected chi connectivity index (χ4v) is 5.74. The minimum absolute atomic E-state index is 0.155. The normalized spacial score (nSPS) is 11.9. The summed E-state index contributed by atoms with van der Waals surface area (Å²) in [6, 6.07) is 15.0. The van der Waals surface area contributed by atoms with E-state index in [0.29, 0.717) is 18.1 Å². The summed E-state index contributed by atoms with van der Waals surface area (Å²) in [6.07, 6.45) is 0. The van der Waals surface area contributed by atoms with Gasteiger partial charge in [0.2, 0.25) is 11.8 Å². The highest BCUT2D eigenvalue weighted by atomic mass is 32.2. The van der Waals surface area contributed by atoms with E-state index in [1.807, 2.05) is 6.92 Å². The van der Waals surface area contributed by atoms with Crippen molar-refractivity contribution in [2.75, 3.05) is 31.7 Å². The van der Waals surface area contributed by atoms with Gasteiger partial charge >= 0.3 is 0 Å². The van der Waals surface area contributed by atoms with Gasteiger partial charge in [0.15, 0.2) is 11.5 Å². The van der Waals surface area contributed by atoms with Crippen molar-refractivity contribution in [2.24, 2.45) is 0 Å². The van der Waals surface area contributed by atoms with E-state index in [-0.39, 0.29) is 34.5 Å². The molecule has 0 spiro atoms. The number of nitrogens with zero attached hydrogens (tertiary/aromatic N) is 2. The lowest BCUT2D eigenvalue weighted by molar-refractivity contribution is -0.139. The number of carbonyl (C=O) groups is 2. The maximum Gasteiger partial charge on any atom is 0.264 e.